The molecule has 1 unspecified atom stereocenters. The normalized spacial score (nSPS) is 13.9. The van der Waals surface area contributed by atoms with Crippen LogP contribution in [0, 0.1) is 0 Å². The lowest BCUT2D eigenvalue weighted by Gasteiger charge is -2.09. The molecule has 6 nitrogen and oxygen atoms in total. The van der Waals surface area contributed by atoms with Crippen molar-refractivity contribution >= 4 is 16.0 Å². The number of carbonyl (C=O) groups is 1. The number of rotatable bonds is 4. The zero-order valence-electron chi connectivity index (χ0n) is 7.03. The van der Waals surface area contributed by atoms with Crippen molar-refractivity contribution in [2.24, 2.45) is 0 Å². The molecular weight excluding hydrogens is 186 g/mol. The Labute approximate surface area is 70.9 Å². The summed E-state index contributed by atoms with van der Waals surface area (Å²) < 4.78 is 26.2. The second kappa shape index (κ2) is 4.39. The van der Waals surface area contributed by atoms with Gasteiger partial charge in [-0.05, 0) is 6.92 Å². The summed E-state index contributed by atoms with van der Waals surface area (Å²) in [5, 5.41) is -1.28. The average molecular weight is 197 g/mol. The number of hydrogen-bond donors (Lipinski definition) is 1. The first kappa shape index (κ1) is 11.3. The van der Waals surface area contributed by atoms with Crippen LogP contribution in [0.25, 0.3) is 0 Å². The van der Waals surface area contributed by atoms with Gasteiger partial charge in [-0.25, -0.2) is 8.42 Å². The van der Waals surface area contributed by atoms with Gasteiger partial charge in [-0.1, -0.05) is 4.89 Å². The lowest BCUT2D eigenvalue weighted by Crippen LogP contribution is -2.37. The Morgan fingerprint density at radius 1 is 1.42 bits per heavy atom. The molecule has 0 aliphatic heterocycles. The zero-order valence-corrected chi connectivity index (χ0v) is 7.84. The van der Waals surface area contributed by atoms with Gasteiger partial charge in [0.05, 0.1) is 14.2 Å². The van der Waals surface area contributed by atoms with E-state index in [2.05, 4.69) is 9.57 Å². The fourth-order valence-corrected chi connectivity index (χ4v) is 1.21. The van der Waals surface area contributed by atoms with Crippen LogP contribution in [0.3, 0.4) is 0 Å². The van der Waals surface area contributed by atoms with Gasteiger partial charge in [0, 0.05) is 0 Å². The van der Waals surface area contributed by atoms with E-state index in [1.807, 2.05) is 0 Å². The first-order valence-corrected chi connectivity index (χ1v) is 4.61. The van der Waals surface area contributed by atoms with Crippen molar-refractivity contribution in [3.63, 3.8) is 0 Å². The van der Waals surface area contributed by atoms with Gasteiger partial charge >= 0.3 is 5.97 Å². The van der Waals surface area contributed by atoms with Crippen molar-refractivity contribution in [2.45, 2.75) is 12.2 Å². The van der Waals surface area contributed by atoms with Crippen LogP contribution in [0.2, 0.25) is 0 Å². The molecule has 0 aliphatic carbocycles. The summed E-state index contributed by atoms with van der Waals surface area (Å²) in [4.78, 5) is 16.6. The van der Waals surface area contributed by atoms with Crippen LogP contribution in [0.4, 0.5) is 0 Å². The van der Waals surface area contributed by atoms with Crippen LogP contribution in [0.1, 0.15) is 6.92 Å². The Kier molecular flexibility index (Phi) is 4.15. The quantitative estimate of drug-likeness (QED) is 0.463. The molecule has 0 fully saturated rings. The second-order valence-corrected chi connectivity index (χ2v) is 3.96. The first-order valence-electron chi connectivity index (χ1n) is 3.07. The van der Waals surface area contributed by atoms with Gasteiger partial charge in [-0.15, -0.1) is 0 Å². The van der Waals surface area contributed by atoms with Gasteiger partial charge in [0.2, 0.25) is 10.0 Å². The highest BCUT2D eigenvalue weighted by Gasteiger charge is 2.28. The van der Waals surface area contributed by atoms with E-state index in [1.54, 1.807) is 4.89 Å². The molecule has 0 aromatic heterocycles. The van der Waals surface area contributed by atoms with E-state index >= 15 is 0 Å². The number of ether oxygens (including phenoxy) is 1. The van der Waals surface area contributed by atoms with E-state index in [0.717, 1.165) is 14.2 Å². The Morgan fingerprint density at radius 3 is 2.25 bits per heavy atom. The maximum atomic E-state index is 11.0. The molecular formula is C5H11NO5S. The SMILES string of the molecule is CONS(=O)(=O)C(C)C(=O)OC. The number of esters is 1. The summed E-state index contributed by atoms with van der Waals surface area (Å²) in [6, 6.07) is 0. The minimum atomic E-state index is -3.77. The Balaban J connectivity index is 4.46. The number of nitrogens with one attached hydrogen (secondary N) is 1. The molecule has 1 N–H and O–H groups in total. The Morgan fingerprint density at radius 2 is 1.92 bits per heavy atom. The molecule has 1 atom stereocenters. The van der Waals surface area contributed by atoms with Gasteiger partial charge in [0.15, 0.2) is 5.25 Å². The molecule has 0 spiro atoms. The monoisotopic (exact) mass is 197 g/mol. The van der Waals surface area contributed by atoms with Crippen molar-refractivity contribution in [1.82, 2.24) is 4.89 Å². The molecule has 0 rings (SSSR count). The Bertz CT molecular complexity index is 247. The van der Waals surface area contributed by atoms with Crippen LogP contribution in [0.15, 0.2) is 0 Å². The highest BCUT2D eigenvalue weighted by molar-refractivity contribution is 7.90. The fraction of sp³-hybridized carbons (Fsp3) is 0.800. The standard InChI is InChI=1S/C5H11NO5S/c1-4(5(7)10-2)12(8,9)6-11-3/h4,6H,1-3H3. The van der Waals surface area contributed by atoms with Gasteiger partial charge in [-0.2, -0.15) is 0 Å². The third-order valence-corrected chi connectivity index (χ3v) is 2.72. The highest BCUT2D eigenvalue weighted by Crippen LogP contribution is 1.99. The maximum absolute atomic E-state index is 11.0. The predicted octanol–water partition coefficient (Wildman–Crippen LogP) is -0.971. The first-order chi connectivity index (χ1) is 5.45. The van der Waals surface area contributed by atoms with E-state index < -0.39 is 21.2 Å². The Hall–Kier alpha value is -0.660. The number of hydrogen-bond acceptors (Lipinski definition) is 5. The number of methoxy groups -OCH3 is 1. The lowest BCUT2D eigenvalue weighted by atomic mass is 10.5. The number of sulfonamides is 1. The molecule has 72 valence electrons. The summed E-state index contributed by atoms with van der Waals surface area (Å²) in [6.45, 7) is 1.20. The summed E-state index contributed by atoms with van der Waals surface area (Å²) in [5.74, 6) is -0.834. The van der Waals surface area contributed by atoms with Crippen molar-refractivity contribution < 1.29 is 22.8 Å². The van der Waals surface area contributed by atoms with Gasteiger partial charge < -0.3 is 4.74 Å². The molecule has 0 saturated carbocycles. The summed E-state index contributed by atoms with van der Waals surface area (Å²) in [6.07, 6.45) is 0. The van der Waals surface area contributed by atoms with E-state index in [0.29, 0.717) is 0 Å². The molecule has 0 amide bonds. The lowest BCUT2D eigenvalue weighted by molar-refractivity contribution is -0.139. The van der Waals surface area contributed by atoms with Crippen molar-refractivity contribution in [2.75, 3.05) is 14.2 Å². The second-order valence-electron chi connectivity index (χ2n) is 2.00. The summed E-state index contributed by atoms with van der Waals surface area (Å²) in [5.41, 5.74) is 0. The zero-order chi connectivity index (χ0) is 9.78. The van der Waals surface area contributed by atoms with Crippen LogP contribution >= 0.6 is 0 Å². The highest BCUT2D eigenvalue weighted by atomic mass is 32.2. The van der Waals surface area contributed by atoms with E-state index in [9.17, 15) is 13.2 Å². The smallest absolute Gasteiger partial charge is 0.325 e. The van der Waals surface area contributed by atoms with Crippen LogP contribution < -0.4 is 4.89 Å². The molecule has 0 aromatic rings. The minimum Gasteiger partial charge on any atom is -0.468 e. The average Bonchev–Trinajstić information content (AvgIpc) is 2.01. The molecule has 7 heteroatoms. The molecule has 0 aromatic carbocycles. The molecule has 0 radical (unpaired) electrons. The van der Waals surface area contributed by atoms with Crippen LogP contribution in [-0.4, -0.2) is 33.9 Å². The molecule has 0 aliphatic rings. The molecule has 12 heavy (non-hydrogen) atoms. The summed E-state index contributed by atoms with van der Waals surface area (Å²) >= 11 is 0. The van der Waals surface area contributed by atoms with Crippen LogP contribution in [-0.2, 0) is 24.4 Å². The van der Waals surface area contributed by atoms with E-state index in [-0.39, 0.29) is 0 Å². The van der Waals surface area contributed by atoms with Gasteiger partial charge in [0.25, 0.3) is 0 Å². The minimum absolute atomic E-state index is 0.834. The largest absolute Gasteiger partial charge is 0.468 e. The molecule has 0 heterocycles. The topological polar surface area (TPSA) is 81.7 Å². The molecule has 0 bridgehead atoms. The van der Waals surface area contributed by atoms with Crippen molar-refractivity contribution in [1.29, 1.82) is 0 Å². The van der Waals surface area contributed by atoms with Gasteiger partial charge in [0.1, 0.15) is 0 Å². The van der Waals surface area contributed by atoms with Crippen molar-refractivity contribution in [3.8, 4) is 0 Å². The van der Waals surface area contributed by atoms with E-state index in [4.69, 9.17) is 0 Å². The van der Waals surface area contributed by atoms with Crippen molar-refractivity contribution in [3.05, 3.63) is 0 Å². The predicted molar refractivity (Wildman–Crippen MR) is 40.5 cm³/mol. The third kappa shape index (κ3) is 2.76. The maximum Gasteiger partial charge on any atom is 0.325 e. The fourth-order valence-electron chi connectivity index (χ4n) is 0.481. The summed E-state index contributed by atoms with van der Waals surface area (Å²) in [7, 11) is -1.52. The number of carbonyl (C=O) groups excluding carboxylic acids is 1. The third-order valence-electron chi connectivity index (χ3n) is 1.20. The van der Waals surface area contributed by atoms with Gasteiger partial charge in [-0.3, -0.25) is 9.63 Å². The van der Waals surface area contributed by atoms with E-state index in [1.165, 1.54) is 6.92 Å². The molecule has 0 saturated heterocycles. The van der Waals surface area contributed by atoms with Crippen LogP contribution in [0.5, 0.6) is 0 Å².